The van der Waals surface area contributed by atoms with E-state index in [0.717, 1.165) is 37.1 Å². The van der Waals surface area contributed by atoms with Crippen LogP contribution in [0.3, 0.4) is 0 Å². The first-order chi connectivity index (χ1) is 17.0. The van der Waals surface area contributed by atoms with Crippen molar-refractivity contribution < 1.29 is 4.79 Å². The van der Waals surface area contributed by atoms with Crippen LogP contribution in [0.15, 0.2) is 71.5 Å². The fourth-order valence-corrected chi connectivity index (χ4v) is 5.41. The number of nitrogens with two attached hydrogens (primary N) is 1. The van der Waals surface area contributed by atoms with Gasteiger partial charge in [-0.05, 0) is 49.2 Å². The van der Waals surface area contributed by atoms with Gasteiger partial charge in [-0.1, -0.05) is 30.3 Å². The van der Waals surface area contributed by atoms with E-state index in [9.17, 15) is 9.59 Å². The molecule has 2 bridgehead atoms. The lowest BCUT2D eigenvalue weighted by Gasteiger charge is -2.34. The van der Waals surface area contributed by atoms with Gasteiger partial charge in [-0.25, -0.2) is 4.98 Å². The largest absolute Gasteiger partial charge is 0.366 e. The van der Waals surface area contributed by atoms with Crippen LogP contribution in [0.4, 0.5) is 5.95 Å². The van der Waals surface area contributed by atoms with Crippen molar-refractivity contribution in [3.63, 3.8) is 0 Å². The summed E-state index contributed by atoms with van der Waals surface area (Å²) >= 11 is 0. The number of aryl methyl sites for hydroxylation is 1. The molecule has 176 valence electrons. The van der Waals surface area contributed by atoms with Crippen LogP contribution in [-0.2, 0) is 6.54 Å². The van der Waals surface area contributed by atoms with Gasteiger partial charge < -0.3 is 10.6 Å². The smallest absolute Gasteiger partial charge is 0.256 e. The first-order valence-corrected chi connectivity index (χ1v) is 11.8. The number of likely N-dealkylation sites (tertiary alicyclic amines) is 1. The van der Waals surface area contributed by atoms with E-state index in [-0.39, 0.29) is 5.56 Å². The highest BCUT2D eigenvalue weighted by Crippen LogP contribution is 2.35. The van der Waals surface area contributed by atoms with Crippen molar-refractivity contribution in [3.05, 3.63) is 93.9 Å². The maximum Gasteiger partial charge on any atom is 0.256 e. The van der Waals surface area contributed by atoms with Crippen LogP contribution in [0, 0.1) is 6.92 Å². The topological polar surface area (TPSA) is 97.3 Å². The molecule has 2 unspecified atom stereocenters. The molecule has 1 amide bonds. The molecular formula is C27H26N6O2. The third-order valence-corrected chi connectivity index (χ3v) is 7.18. The van der Waals surface area contributed by atoms with E-state index in [0.29, 0.717) is 34.9 Å². The summed E-state index contributed by atoms with van der Waals surface area (Å²) in [4.78, 5) is 39.0. The minimum absolute atomic E-state index is 0.189. The second-order valence-corrected chi connectivity index (χ2v) is 9.38. The van der Waals surface area contributed by atoms with Gasteiger partial charge in [0.05, 0.1) is 11.4 Å². The molecule has 2 fully saturated rings. The number of piperazine rings is 1. The van der Waals surface area contributed by atoms with Crippen LogP contribution < -0.4 is 16.2 Å². The van der Waals surface area contributed by atoms with Crippen LogP contribution in [-0.4, -0.2) is 50.5 Å². The molecule has 2 atom stereocenters. The highest BCUT2D eigenvalue weighted by atomic mass is 16.1. The Hall–Kier alpha value is -4.04. The molecular weight excluding hydrogens is 440 g/mol. The van der Waals surface area contributed by atoms with Crippen LogP contribution in [0.25, 0.3) is 16.7 Å². The third-order valence-electron chi connectivity index (χ3n) is 7.18. The van der Waals surface area contributed by atoms with E-state index < -0.39 is 5.91 Å². The summed E-state index contributed by atoms with van der Waals surface area (Å²) in [5, 5.41) is 0.822. The summed E-state index contributed by atoms with van der Waals surface area (Å²) in [6.45, 7) is 4.74. The Bertz CT molecular complexity index is 1480. The number of fused-ring (bicyclic) bond motifs is 3. The lowest BCUT2D eigenvalue weighted by molar-refractivity contribution is 0.100. The van der Waals surface area contributed by atoms with E-state index in [1.54, 1.807) is 34.9 Å². The number of aromatic nitrogens is 3. The zero-order valence-electron chi connectivity index (χ0n) is 19.5. The highest BCUT2D eigenvalue weighted by molar-refractivity contribution is 5.93. The minimum atomic E-state index is -0.507. The van der Waals surface area contributed by atoms with Gasteiger partial charge in [0, 0.05) is 48.7 Å². The lowest BCUT2D eigenvalue weighted by atomic mass is 10.2. The number of nitrogens with zero attached hydrogens (tertiary/aromatic N) is 5. The molecule has 0 aliphatic carbocycles. The number of carbonyl (C=O) groups excluding carboxylic acids is 1. The normalized spacial score (nSPS) is 19.5. The summed E-state index contributed by atoms with van der Waals surface area (Å²) in [5.74, 6) is 0.155. The molecule has 35 heavy (non-hydrogen) atoms. The molecule has 2 aliphatic rings. The molecule has 0 radical (unpaired) electrons. The van der Waals surface area contributed by atoms with Crippen molar-refractivity contribution in [2.24, 2.45) is 5.73 Å². The van der Waals surface area contributed by atoms with E-state index in [4.69, 9.17) is 15.7 Å². The van der Waals surface area contributed by atoms with Crippen LogP contribution in [0.5, 0.6) is 0 Å². The average Bonchev–Trinajstić information content (AvgIpc) is 3.45. The zero-order chi connectivity index (χ0) is 24.1. The Balaban J connectivity index is 1.34. The summed E-state index contributed by atoms with van der Waals surface area (Å²) in [6.07, 6.45) is 1.09. The molecule has 2 N–H and O–H groups in total. The molecule has 8 nitrogen and oxygen atoms in total. The van der Waals surface area contributed by atoms with E-state index >= 15 is 0 Å². The molecule has 0 saturated carbocycles. The number of anilines is 1. The van der Waals surface area contributed by atoms with Crippen LogP contribution >= 0.6 is 0 Å². The van der Waals surface area contributed by atoms with Gasteiger partial charge in [0.2, 0.25) is 11.9 Å². The van der Waals surface area contributed by atoms with Crippen molar-refractivity contribution in [2.75, 3.05) is 18.0 Å². The fraction of sp³-hybridized carbons (Fsp3) is 0.259. The summed E-state index contributed by atoms with van der Waals surface area (Å²) in [7, 11) is 0. The first-order valence-electron chi connectivity index (χ1n) is 11.8. The standard InChI is InChI=1S/C27H26N6O2/c1-17-23-11-12-24(34)33(20-9-7-19(8-10-20)25(28)35)26(23)30-27(29-17)32-16-21-13-22(32)15-31(21)14-18-5-3-2-4-6-18/h2-12,21-22H,13-16H2,1H3,(H2,28,35). The third kappa shape index (κ3) is 3.76. The second-order valence-electron chi connectivity index (χ2n) is 9.38. The number of amides is 1. The molecule has 2 aromatic carbocycles. The molecule has 6 rings (SSSR count). The predicted octanol–water partition coefficient (Wildman–Crippen LogP) is 2.65. The van der Waals surface area contributed by atoms with Crippen LogP contribution in [0.1, 0.15) is 28.0 Å². The molecule has 8 heteroatoms. The Morgan fingerprint density at radius 2 is 1.74 bits per heavy atom. The molecule has 4 heterocycles. The van der Waals surface area contributed by atoms with E-state index in [1.807, 2.05) is 13.0 Å². The SMILES string of the molecule is Cc1nc(N2CC3CC2CN3Cc2ccccc2)nc2c1ccc(=O)n2-c1ccc(C(N)=O)cc1. The van der Waals surface area contributed by atoms with Gasteiger partial charge >= 0.3 is 0 Å². The van der Waals surface area contributed by atoms with Crippen molar-refractivity contribution in [3.8, 4) is 5.69 Å². The van der Waals surface area contributed by atoms with Gasteiger partial charge in [0.1, 0.15) is 0 Å². The number of rotatable bonds is 5. The Morgan fingerprint density at radius 3 is 2.43 bits per heavy atom. The van der Waals surface area contributed by atoms with Crippen molar-refractivity contribution in [1.82, 2.24) is 19.4 Å². The maximum absolute atomic E-state index is 12.9. The predicted molar refractivity (Wildman–Crippen MR) is 135 cm³/mol. The van der Waals surface area contributed by atoms with E-state index in [2.05, 4.69) is 34.1 Å². The molecule has 2 aromatic heterocycles. The van der Waals surface area contributed by atoms with Crippen molar-refractivity contribution >= 4 is 22.9 Å². The van der Waals surface area contributed by atoms with Gasteiger partial charge in [0.15, 0.2) is 5.65 Å². The number of pyridine rings is 1. The fourth-order valence-electron chi connectivity index (χ4n) is 5.41. The first kappa shape index (κ1) is 21.5. The molecule has 2 saturated heterocycles. The lowest BCUT2D eigenvalue weighted by Crippen LogP contribution is -2.46. The number of primary amides is 1. The number of hydrogen-bond donors (Lipinski definition) is 1. The number of carbonyl (C=O) groups is 1. The Morgan fingerprint density at radius 1 is 0.971 bits per heavy atom. The Labute approximate surface area is 202 Å². The number of hydrogen-bond acceptors (Lipinski definition) is 6. The van der Waals surface area contributed by atoms with Gasteiger partial charge in [-0.3, -0.25) is 19.1 Å². The summed E-state index contributed by atoms with van der Waals surface area (Å²) in [6, 6.07) is 21.4. The van der Waals surface area contributed by atoms with Crippen LogP contribution in [0.2, 0.25) is 0 Å². The van der Waals surface area contributed by atoms with Gasteiger partial charge in [0.25, 0.3) is 5.56 Å². The monoisotopic (exact) mass is 466 g/mol. The number of benzene rings is 2. The van der Waals surface area contributed by atoms with Gasteiger partial charge in [-0.2, -0.15) is 4.98 Å². The summed E-state index contributed by atoms with van der Waals surface area (Å²) < 4.78 is 1.58. The minimum Gasteiger partial charge on any atom is -0.366 e. The zero-order valence-corrected chi connectivity index (χ0v) is 19.5. The molecule has 4 aromatic rings. The van der Waals surface area contributed by atoms with Crippen molar-refractivity contribution in [1.29, 1.82) is 0 Å². The molecule has 2 aliphatic heterocycles. The quantitative estimate of drug-likeness (QED) is 0.486. The Kier molecular flexibility index (Phi) is 5.11. The van der Waals surface area contributed by atoms with Gasteiger partial charge in [-0.15, -0.1) is 0 Å². The van der Waals surface area contributed by atoms with Crippen molar-refractivity contribution in [2.45, 2.75) is 32.0 Å². The second kappa shape index (κ2) is 8.32. The maximum atomic E-state index is 12.9. The highest BCUT2D eigenvalue weighted by Gasteiger charge is 2.44. The molecule has 0 spiro atoms. The average molecular weight is 467 g/mol. The van der Waals surface area contributed by atoms with E-state index in [1.165, 1.54) is 11.6 Å². The summed E-state index contributed by atoms with van der Waals surface area (Å²) in [5.41, 5.74) is 8.94.